The van der Waals surface area contributed by atoms with Crippen LogP contribution < -0.4 is 5.11 Å². The smallest absolute Gasteiger partial charge is 0.320 e. The van der Waals surface area contributed by atoms with Crippen LogP contribution in [0.2, 0.25) is 0 Å². The fourth-order valence-electron chi connectivity index (χ4n) is 1.81. The molecule has 0 saturated heterocycles. The van der Waals surface area contributed by atoms with Gasteiger partial charge in [-0.15, -0.1) is 0 Å². The average Bonchev–Trinajstić information content (AvgIpc) is 3.02. The highest BCUT2D eigenvalue weighted by Crippen LogP contribution is 2.30. The molecule has 1 heterocycles. The van der Waals surface area contributed by atoms with Crippen LogP contribution in [0.1, 0.15) is 12.8 Å². The number of amides is 2. The Bertz CT molecular complexity index is 323. The van der Waals surface area contributed by atoms with E-state index in [1.54, 1.807) is 4.90 Å². The quantitative estimate of drug-likeness (QED) is 0.600. The van der Waals surface area contributed by atoms with E-state index in [1.165, 1.54) is 17.7 Å². The zero-order chi connectivity index (χ0) is 11.5. The molecule has 1 aliphatic carbocycles. The third-order valence-corrected chi connectivity index (χ3v) is 2.85. The molecule has 88 valence electrons. The molecule has 1 fully saturated rings. The van der Waals surface area contributed by atoms with Crippen LogP contribution in [0.15, 0.2) is 12.2 Å². The predicted molar refractivity (Wildman–Crippen MR) is 55.4 cm³/mol. The second-order valence-corrected chi connectivity index (χ2v) is 4.35. The Morgan fingerprint density at radius 1 is 1.31 bits per heavy atom. The van der Waals surface area contributed by atoms with Crippen LogP contribution >= 0.6 is 0 Å². The lowest BCUT2D eigenvalue weighted by Gasteiger charge is -2.27. The Morgan fingerprint density at radius 3 is 2.50 bits per heavy atom. The molecular weight excluding hydrogens is 208 g/mol. The number of carbonyl (C=O) groups is 2. The predicted octanol–water partition coefficient (Wildman–Crippen LogP) is -0.560. The Balaban J connectivity index is 1.98. The Hall–Kier alpha value is -1.52. The number of hydrogen-bond donors (Lipinski definition) is 0. The Morgan fingerprint density at radius 2 is 1.94 bits per heavy atom. The van der Waals surface area contributed by atoms with Gasteiger partial charge in [-0.3, -0.25) is 0 Å². The summed E-state index contributed by atoms with van der Waals surface area (Å²) in [6, 6.07) is -0.193. The third kappa shape index (κ3) is 2.74. The van der Waals surface area contributed by atoms with Crippen LogP contribution in [-0.4, -0.2) is 48.0 Å². The molecule has 16 heavy (non-hydrogen) atoms. The van der Waals surface area contributed by atoms with Gasteiger partial charge in [0.25, 0.3) is 0 Å². The molecule has 1 saturated carbocycles. The van der Waals surface area contributed by atoms with Gasteiger partial charge in [-0.2, -0.15) is 0 Å². The van der Waals surface area contributed by atoms with Crippen molar-refractivity contribution in [1.82, 2.24) is 9.80 Å². The minimum absolute atomic E-state index is 0.193. The van der Waals surface area contributed by atoms with Gasteiger partial charge in [0.15, 0.2) is 0 Å². The van der Waals surface area contributed by atoms with Crippen LogP contribution in [0.3, 0.4) is 0 Å². The molecule has 0 atom stereocenters. The minimum Gasteiger partial charge on any atom is -0.548 e. The van der Waals surface area contributed by atoms with Gasteiger partial charge < -0.3 is 19.7 Å². The van der Waals surface area contributed by atoms with Gasteiger partial charge in [0.1, 0.15) is 0 Å². The number of rotatable bonds is 4. The minimum atomic E-state index is -1.21. The van der Waals surface area contributed by atoms with Gasteiger partial charge in [0.05, 0.1) is 12.5 Å². The van der Waals surface area contributed by atoms with Gasteiger partial charge in [0, 0.05) is 19.6 Å². The number of aliphatic carboxylic acids is 1. The summed E-state index contributed by atoms with van der Waals surface area (Å²) < 4.78 is 0. The summed E-state index contributed by atoms with van der Waals surface area (Å²) in [7, 11) is 0. The van der Waals surface area contributed by atoms with E-state index in [2.05, 4.69) is 0 Å². The molecule has 2 aliphatic rings. The van der Waals surface area contributed by atoms with Crippen molar-refractivity contribution in [2.45, 2.75) is 12.8 Å². The normalized spacial score (nSPS) is 21.1. The number of nitrogens with zero attached hydrogens (tertiary/aromatic N) is 2. The zero-order valence-corrected chi connectivity index (χ0v) is 9.09. The summed E-state index contributed by atoms with van der Waals surface area (Å²) in [5.74, 6) is -0.602. The summed E-state index contributed by atoms with van der Waals surface area (Å²) in [5, 5.41) is 10.5. The molecule has 1 aliphatic heterocycles. The van der Waals surface area contributed by atoms with E-state index in [9.17, 15) is 14.7 Å². The van der Waals surface area contributed by atoms with Gasteiger partial charge in [-0.05, 0) is 18.8 Å². The zero-order valence-electron chi connectivity index (χ0n) is 9.09. The highest BCUT2D eigenvalue weighted by atomic mass is 16.4. The largest absolute Gasteiger partial charge is 0.548 e. The summed E-state index contributed by atoms with van der Waals surface area (Å²) >= 11 is 0. The van der Waals surface area contributed by atoms with Crippen LogP contribution in [0.5, 0.6) is 0 Å². The maximum Gasteiger partial charge on any atom is 0.320 e. The first-order valence-corrected chi connectivity index (χ1v) is 5.55. The lowest BCUT2D eigenvalue weighted by molar-refractivity contribution is -0.305. The number of carboxylic acid groups (broad SMARTS) is 1. The number of urea groups is 1. The first-order valence-electron chi connectivity index (χ1n) is 5.55. The van der Waals surface area contributed by atoms with E-state index in [0.29, 0.717) is 19.0 Å². The second-order valence-electron chi connectivity index (χ2n) is 4.35. The number of carboxylic acids is 1. The third-order valence-electron chi connectivity index (χ3n) is 2.85. The van der Waals surface area contributed by atoms with Gasteiger partial charge >= 0.3 is 6.03 Å². The van der Waals surface area contributed by atoms with Crippen molar-refractivity contribution >= 4 is 12.0 Å². The van der Waals surface area contributed by atoms with Crippen molar-refractivity contribution in [3.05, 3.63) is 12.2 Å². The van der Waals surface area contributed by atoms with E-state index >= 15 is 0 Å². The van der Waals surface area contributed by atoms with Crippen molar-refractivity contribution in [2.75, 3.05) is 26.2 Å². The summed E-state index contributed by atoms with van der Waals surface area (Å²) in [6.45, 7) is 1.35. The fraction of sp³-hybridized carbons (Fsp3) is 0.636. The molecule has 2 rings (SSSR count). The van der Waals surface area contributed by atoms with E-state index in [0.717, 1.165) is 6.54 Å². The Kier molecular flexibility index (Phi) is 3.12. The van der Waals surface area contributed by atoms with Crippen molar-refractivity contribution in [3.8, 4) is 0 Å². The SMILES string of the molecule is O=C([O-])CN1CC=CCN(CC2CC2)C1=O. The van der Waals surface area contributed by atoms with Crippen molar-refractivity contribution < 1.29 is 14.7 Å². The second kappa shape index (κ2) is 4.55. The highest BCUT2D eigenvalue weighted by molar-refractivity contribution is 5.80. The molecule has 0 bridgehead atoms. The first kappa shape index (κ1) is 11.0. The maximum absolute atomic E-state index is 12.0. The molecule has 0 aromatic carbocycles. The van der Waals surface area contributed by atoms with E-state index in [-0.39, 0.29) is 12.6 Å². The lowest BCUT2D eigenvalue weighted by atomic mass is 10.3. The van der Waals surface area contributed by atoms with Crippen LogP contribution in [0.4, 0.5) is 4.79 Å². The van der Waals surface area contributed by atoms with E-state index in [1.807, 2.05) is 12.2 Å². The molecule has 0 unspecified atom stereocenters. The van der Waals surface area contributed by atoms with Crippen molar-refractivity contribution in [3.63, 3.8) is 0 Å². The average molecular weight is 223 g/mol. The van der Waals surface area contributed by atoms with Crippen LogP contribution in [0, 0.1) is 5.92 Å². The van der Waals surface area contributed by atoms with E-state index < -0.39 is 5.97 Å². The lowest BCUT2D eigenvalue weighted by Crippen LogP contribution is -2.47. The van der Waals surface area contributed by atoms with Gasteiger partial charge in [0.2, 0.25) is 0 Å². The molecule has 0 aromatic rings. The maximum atomic E-state index is 12.0. The number of hydrogen-bond acceptors (Lipinski definition) is 3. The summed E-state index contributed by atoms with van der Waals surface area (Å²) in [6.07, 6.45) is 6.09. The molecule has 2 amide bonds. The Labute approximate surface area is 94.3 Å². The van der Waals surface area contributed by atoms with Crippen LogP contribution in [0.25, 0.3) is 0 Å². The summed E-state index contributed by atoms with van der Waals surface area (Å²) in [5.41, 5.74) is 0. The molecule has 0 spiro atoms. The first-order chi connectivity index (χ1) is 7.66. The standard InChI is InChI=1S/C11H16N2O3/c14-10(15)8-13-6-2-1-5-12(11(13)16)7-9-3-4-9/h1-2,9H,3-8H2,(H,14,15)/p-1. The molecule has 0 radical (unpaired) electrons. The van der Waals surface area contributed by atoms with Crippen molar-refractivity contribution in [1.29, 1.82) is 0 Å². The summed E-state index contributed by atoms with van der Waals surface area (Å²) in [4.78, 5) is 25.5. The molecule has 5 heteroatoms. The fourth-order valence-corrected chi connectivity index (χ4v) is 1.81. The molecule has 0 N–H and O–H groups in total. The molecular formula is C11H15N2O3-. The highest BCUT2D eigenvalue weighted by Gasteiger charge is 2.29. The number of carbonyl (C=O) groups excluding carboxylic acids is 2. The molecule has 5 nitrogen and oxygen atoms in total. The topological polar surface area (TPSA) is 63.7 Å². The monoisotopic (exact) mass is 223 g/mol. The van der Waals surface area contributed by atoms with Gasteiger partial charge in [-0.25, -0.2) is 4.79 Å². The van der Waals surface area contributed by atoms with Crippen LogP contribution in [-0.2, 0) is 4.79 Å². The van der Waals surface area contributed by atoms with Gasteiger partial charge in [-0.1, -0.05) is 12.2 Å². The van der Waals surface area contributed by atoms with E-state index in [4.69, 9.17) is 0 Å². The molecule has 0 aromatic heterocycles. The van der Waals surface area contributed by atoms with Crippen molar-refractivity contribution in [2.24, 2.45) is 5.92 Å².